The smallest absolute Gasteiger partial charge is 0.343 e. The van der Waals surface area contributed by atoms with Crippen LogP contribution in [0.1, 0.15) is 47.2 Å². The van der Waals surface area contributed by atoms with Crippen molar-refractivity contribution in [3.05, 3.63) is 27.7 Å². The molecule has 0 aromatic carbocycles. The number of methoxy groups -OCH3 is 3. The Kier molecular flexibility index (Phi) is 5.00. The number of hydrogen-bond acceptors (Lipinski definition) is 7. The Balaban J connectivity index is 2.27. The number of esters is 1. The third kappa shape index (κ3) is 2.64. The summed E-state index contributed by atoms with van der Waals surface area (Å²) in [5.41, 5.74) is -1.70. The van der Waals surface area contributed by atoms with E-state index in [1.807, 2.05) is 13.8 Å². The lowest BCUT2D eigenvalue weighted by atomic mass is 9.93. The number of hydrogen-bond donors (Lipinski definition) is 0. The van der Waals surface area contributed by atoms with Gasteiger partial charge in [-0.3, -0.25) is 9.59 Å². The largest absolute Gasteiger partial charge is 0.491 e. The van der Waals surface area contributed by atoms with Gasteiger partial charge in [-0.15, -0.1) is 0 Å². The van der Waals surface area contributed by atoms with E-state index in [0.717, 1.165) is 0 Å². The minimum atomic E-state index is -0.938. The predicted octanol–water partition coefficient (Wildman–Crippen LogP) is 0.812. The maximum Gasteiger partial charge on any atom is 0.343 e. The van der Waals surface area contributed by atoms with Crippen LogP contribution in [-0.2, 0) is 14.2 Å². The molecule has 0 N–H and O–H groups in total. The van der Waals surface area contributed by atoms with Crippen LogP contribution in [0.3, 0.4) is 0 Å². The van der Waals surface area contributed by atoms with Crippen molar-refractivity contribution in [1.82, 2.24) is 9.47 Å². The summed E-state index contributed by atoms with van der Waals surface area (Å²) in [6.07, 6.45) is 1.80. The maximum atomic E-state index is 13.4. The van der Waals surface area contributed by atoms with E-state index in [2.05, 4.69) is 0 Å². The monoisotopic (exact) mass is 380 g/mol. The lowest BCUT2D eigenvalue weighted by molar-refractivity contribution is -0.125. The quantitative estimate of drug-likeness (QED) is 0.698. The molecule has 0 saturated carbocycles. The highest BCUT2D eigenvalue weighted by molar-refractivity contribution is 5.98. The summed E-state index contributed by atoms with van der Waals surface area (Å²) in [5.74, 6) is -1.34. The molecule has 1 amide bonds. The molecule has 1 saturated heterocycles. The standard InChI is InChI=1S/C18H24N2O7/c1-10-9-27-18(6-7-24-3)11(2)19-8-12(17(23)26-5)14(21)15(25-4)13(19)16(22)20(10)18/h8,10-11H,6-7,9H2,1-5H3/t10-,11+,18+/m1/s1. The van der Waals surface area contributed by atoms with E-state index in [9.17, 15) is 14.4 Å². The van der Waals surface area contributed by atoms with E-state index in [1.165, 1.54) is 20.4 Å². The topological polar surface area (TPSA) is 96.3 Å². The van der Waals surface area contributed by atoms with Crippen LogP contribution >= 0.6 is 0 Å². The fraction of sp³-hybridized carbons (Fsp3) is 0.611. The predicted molar refractivity (Wildman–Crippen MR) is 94.1 cm³/mol. The maximum absolute atomic E-state index is 13.4. The molecule has 1 fully saturated rings. The average molecular weight is 380 g/mol. The van der Waals surface area contributed by atoms with Crippen molar-refractivity contribution < 1.29 is 28.5 Å². The second-order valence-corrected chi connectivity index (χ2v) is 6.75. The minimum Gasteiger partial charge on any atom is -0.491 e. The number of pyridine rings is 1. The third-order valence-corrected chi connectivity index (χ3v) is 5.38. The lowest BCUT2D eigenvalue weighted by Gasteiger charge is -2.48. The van der Waals surface area contributed by atoms with Gasteiger partial charge in [0.2, 0.25) is 5.43 Å². The van der Waals surface area contributed by atoms with Crippen molar-refractivity contribution in [2.75, 3.05) is 34.5 Å². The molecule has 9 nitrogen and oxygen atoms in total. The van der Waals surface area contributed by atoms with Gasteiger partial charge in [-0.05, 0) is 13.8 Å². The Labute approximate surface area is 156 Å². The first-order valence-electron chi connectivity index (χ1n) is 8.72. The van der Waals surface area contributed by atoms with Gasteiger partial charge in [0.05, 0.1) is 39.5 Å². The van der Waals surface area contributed by atoms with Crippen molar-refractivity contribution in [1.29, 1.82) is 0 Å². The number of carbonyl (C=O) groups is 2. The van der Waals surface area contributed by atoms with E-state index in [-0.39, 0.29) is 35.0 Å². The summed E-state index contributed by atoms with van der Waals surface area (Å²) in [7, 11) is 4.07. The van der Waals surface area contributed by atoms with Crippen molar-refractivity contribution in [2.45, 2.75) is 38.1 Å². The van der Waals surface area contributed by atoms with Gasteiger partial charge in [0, 0.05) is 19.7 Å². The van der Waals surface area contributed by atoms with E-state index in [4.69, 9.17) is 18.9 Å². The Bertz CT molecular complexity index is 834. The number of fused-ring (bicyclic) bond motifs is 2. The molecular weight excluding hydrogens is 356 g/mol. The number of nitrogens with zero attached hydrogens (tertiary/aromatic N) is 2. The van der Waals surface area contributed by atoms with Crippen molar-refractivity contribution >= 4 is 11.9 Å². The molecular formula is C18H24N2O7. The van der Waals surface area contributed by atoms with Gasteiger partial charge in [-0.1, -0.05) is 0 Å². The highest BCUT2D eigenvalue weighted by Gasteiger charge is 2.57. The highest BCUT2D eigenvalue weighted by atomic mass is 16.5. The minimum absolute atomic E-state index is 0.105. The Hall–Kier alpha value is -2.39. The average Bonchev–Trinajstić information content (AvgIpc) is 3.01. The highest BCUT2D eigenvalue weighted by Crippen LogP contribution is 2.45. The zero-order chi connectivity index (χ0) is 19.9. The molecule has 0 radical (unpaired) electrons. The van der Waals surface area contributed by atoms with E-state index in [0.29, 0.717) is 19.6 Å². The third-order valence-electron chi connectivity index (χ3n) is 5.38. The van der Waals surface area contributed by atoms with E-state index in [1.54, 1.807) is 16.6 Å². The van der Waals surface area contributed by atoms with Crippen molar-refractivity contribution in [2.24, 2.45) is 0 Å². The molecule has 27 heavy (non-hydrogen) atoms. The molecule has 148 valence electrons. The summed E-state index contributed by atoms with van der Waals surface area (Å²) < 4.78 is 22.9. The van der Waals surface area contributed by atoms with Crippen LogP contribution in [0.5, 0.6) is 5.75 Å². The fourth-order valence-corrected chi connectivity index (χ4v) is 4.02. The summed E-state index contributed by atoms with van der Waals surface area (Å²) in [4.78, 5) is 39.8. The van der Waals surface area contributed by atoms with E-state index >= 15 is 0 Å². The molecule has 0 spiro atoms. The van der Waals surface area contributed by atoms with Gasteiger partial charge >= 0.3 is 5.97 Å². The van der Waals surface area contributed by atoms with Crippen LogP contribution in [0.2, 0.25) is 0 Å². The van der Waals surface area contributed by atoms with Crippen LogP contribution in [0.25, 0.3) is 0 Å². The molecule has 3 atom stereocenters. The number of aromatic nitrogens is 1. The zero-order valence-corrected chi connectivity index (χ0v) is 16.1. The molecule has 1 aromatic heterocycles. The van der Waals surface area contributed by atoms with Crippen LogP contribution < -0.4 is 10.2 Å². The molecule has 3 heterocycles. The number of rotatable bonds is 5. The first kappa shape index (κ1) is 19.4. The van der Waals surface area contributed by atoms with E-state index < -0.39 is 17.1 Å². The van der Waals surface area contributed by atoms with Gasteiger partial charge in [0.1, 0.15) is 5.56 Å². The van der Waals surface area contributed by atoms with Crippen molar-refractivity contribution in [3.8, 4) is 5.75 Å². The molecule has 1 aromatic rings. The molecule has 0 bridgehead atoms. The fourth-order valence-electron chi connectivity index (χ4n) is 4.02. The zero-order valence-electron chi connectivity index (χ0n) is 16.1. The SMILES string of the molecule is COCC[C@@]12OC[C@@H](C)N1C(=O)c1c(OC)c(=O)c(C(=O)OC)cn1[C@H]2C. The van der Waals surface area contributed by atoms with Gasteiger partial charge in [-0.25, -0.2) is 4.79 Å². The summed E-state index contributed by atoms with van der Waals surface area (Å²) >= 11 is 0. The summed E-state index contributed by atoms with van der Waals surface area (Å²) in [5, 5.41) is 0. The second-order valence-electron chi connectivity index (χ2n) is 6.75. The Morgan fingerprint density at radius 3 is 2.59 bits per heavy atom. The lowest BCUT2D eigenvalue weighted by Crippen LogP contribution is -2.60. The van der Waals surface area contributed by atoms with Crippen LogP contribution in [-0.4, -0.2) is 67.7 Å². The molecule has 9 heteroatoms. The van der Waals surface area contributed by atoms with Gasteiger partial charge in [-0.2, -0.15) is 0 Å². The molecule has 3 rings (SSSR count). The molecule has 0 unspecified atom stereocenters. The van der Waals surface area contributed by atoms with Gasteiger partial charge < -0.3 is 28.4 Å². The number of ether oxygens (including phenoxy) is 4. The molecule has 2 aliphatic rings. The summed E-state index contributed by atoms with van der Waals surface area (Å²) in [6, 6.07) is -0.561. The van der Waals surface area contributed by atoms with Crippen LogP contribution in [0.4, 0.5) is 0 Å². The van der Waals surface area contributed by atoms with Gasteiger partial charge in [0.15, 0.2) is 17.2 Å². The first-order valence-corrected chi connectivity index (χ1v) is 8.72. The summed E-state index contributed by atoms with van der Waals surface area (Å²) in [6.45, 7) is 4.52. The molecule has 2 aliphatic heterocycles. The number of amides is 1. The second kappa shape index (κ2) is 6.97. The first-order chi connectivity index (χ1) is 12.8. The normalized spacial score (nSPS) is 26.6. The Morgan fingerprint density at radius 2 is 2.00 bits per heavy atom. The van der Waals surface area contributed by atoms with Crippen LogP contribution in [0.15, 0.2) is 11.0 Å². The van der Waals surface area contributed by atoms with Gasteiger partial charge in [0.25, 0.3) is 5.91 Å². The van der Waals surface area contributed by atoms with Crippen molar-refractivity contribution in [3.63, 3.8) is 0 Å². The molecule has 0 aliphatic carbocycles. The number of carbonyl (C=O) groups excluding carboxylic acids is 2. The Morgan fingerprint density at radius 1 is 1.30 bits per heavy atom. The van der Waals surface area contributed by atoms with Crippen LogP contribution in [0, 0.1) is 0 Å².